The minimum absolute atomic E-state index is 0. The van der Waals surface area contributed by atoms with Crippen molar-refractivity contribution >= 4 is 29.9 Å². The number of nitrogens with two attached hydrogens (primary N) is 1. The average Bonchev–Trinajstić information content (AvgIpc) is 2.61. The van der Waals surface area contributed by atoms with Crippen LogP contribution in [0.4, 0.5) is 5.69 Å². The fourth-order valence-electron chi connectivity index (χ4n) is 2.61. The van der Waals surface area contributed by atoms with E-state index in [0.29, 0.717) is 37.6 Å². The molecule has 1 heterocycles. The van der Waals surface area contributed by atoms with Gasteiger partial charge in [0.1, 0.15) is 0 Å². The molecule has 0 aliphatic carbocycles. The Morgan fingerprint density at radius 2 is 2.04 bits per heavy atom. The number of carbonyl (C=O) groups excluding carboxylic acids is 2. The highest BCUT2D eigenvalue weighted by Crippen LogP contribution is 2.21. The highest BCUT2D eigenvalue weighted by molar-refractivity contribution is 5.99. The van der Waals surface area contributed by atoms with Gasteiger partial charge in [-0.3, -0.25) is 9.59 Å². The molecule has 1 saturated heterocycles. The Morgan fingerprint density at radius 3 is 2.64 bits per heavy atom. The first kappa shape index (κ1) is 21.4. The highest BCUT2D eigenvalue weighted by Gasteiger charge is 2.21. The summed E-state index contributed by atoms with van der Waals surface area (Å²) in [4.78, 5) is 26.5. The van der Waals surface area contributed by atoms with Crippen molar-refractivity contribution in [1.29, 1.82) is 0 Å². The number of nitrogens with zero attached hydrogens (tertiary/aromatic N) is 1. The van der Waals surface area contributed by atoms with Crippen molar-refractivity contribution in [2.75, 3.05) is 45.3 Å². The lowest BCUT2D eigenvalue weighted by Crippen LogP contribution is -2.41. The predicted octanol–water partition coefficient (Wildman–Crippen LogP) is 1.19. The molecule has 8 heteroatoms. The van der Waals surface area contributed by atoms with Crippen molar-refractivity contribution in [3.05, 3.63) is 29.3 Å². The second-order valence-corrected chi connectivity index (χ2v) is 5.73. The first-order valence-corrected chi connectivity index (χ1v) is 8.06. The molecule has 1 aromatic carbocycles. The number of nitrogens with one attached hydrogen (secondary N) is 1. The zero-order chi connectivity index (χ0) is 17.5. The van der Waals surface area contributed by atoms with E-state index >= 15 is 0 Å². The molecule has 0 saturated carbocycles. The Labute approximate surface area is 154 Å². The molecule has 7 nitrogen and oxygen atoms in total. The molecule has 0 spiro atoms. The lowest BCUT2D eigenvalue weighted by molar-refractivity contribution is -0.118. The van der Waals surface area contributed by atoms with E-state index in [1.54, 1.807) is 23.1 Å². The van der Waals surface area contributed by atoms with Gasteiger partial charge in [0, 0.05) is 38.0 Å². The third-order valence-electron chi connectivity index (χ3n) is 4.15. The lowest BCUT2D eigenvalue weighted by atomic mass is 10.0. The molecule has 2 rings (SSSR count). The number of halogens is 1. The summed E-state index contributed by atoms with van der Waals surface area (Å²) in [5, 5.41) is 2.84. The normalized spacial score (nSPS) is 15.2. The molecule has 1 aromatic rings. The van der Waals surface area contributed by atoms with Crippen molar-refractivity contribution in [2.45, 2.75) is 19.4 Å². The molecule has 0 aromatic heterocycles. The summed E-state index contributed by atoms with van der Waals surface area (Å²) in [7, 11) is 1.53. The van der Waals surface area contributed by atoms with E-state index in [9.17, 15) is 9.59 Å². The summed E-state index contributed by atoms with van der Waals surface area (Å²) in [5.74, 6) is -0.227. The quantitative estimate of drug-likeness (QED) is 0.783. The topological polar surface area (TPSA) is 93.9 Å². The molecule has 25 heavy (non-hydrogen) atoms. The van der Waals surface area contributed by atoms with Crippen LogP contribution in [0.5, 0.6) is 0 Å². The Bertz CT molecular complexity index is 587. The highest BCUT2D eigenvalue weighted by atomic mass is 35.5. The number of amides is 2. The van der Waals surface area contributed by atoms with Crippen LogP contribution >= 0.6 is 12.4 Å². The Morgan fingerprint density at radius 1 is 1.36 bits per heavy atom. The van der Waals surface area contributed by atoms with E-state index in [2.05, 4.69) is 5.32 Å². The summed E-state index contributed by atoms with van der Waals surface area (Å²) in [5.41, 5.74) is 7.51. The van der Waals surface area contributed by atoms with E-state index < -0.39 is 0 Å². The number of morpholine rings is 1. The molecule has 140 valence electrons. The fourth-order valence-corrected chi connectivity index (χ4v) is 2.61. The van der Waals surface area contributed by atoms with Gasteiger partial charge in [-0.1, -0.05) is 6.07 Å². The summed E-state index contributed by atoms with van der Waals surface area (Å²) in [6.45, 7) is 4.39. The number of methoxy groups -OCH3 is 1. The van der Waals surface area contributed by atoms with Crippen LogP contribution < -0.4 is 11.1 Å². The molecule has 0 radical (unpaired) electrons. The third-order valence-corrected chi connectivity index (χ3v) is 4.15. The molecule has 2 amide bonds. The lowest BCUT2D eigenvalue weighted by Gasteiger charge is -2.27. The van der Waals surface area contributed by atoms with Crippen LogP contribution in [0.2, 0.25) is 0 Å². The Balaban J connectivity index is 0.00000312. The van der Waals surface area contributed by atoms with Gasteiger partial charge in [0.15, 0.2) is 0 Å². The zero-order valence-electron chi connectivity index (χ0n) is 14.6. The monoisotopic (exact) mass is 371 g/mol. The van der Waals surface area contributed by atoms with Gasteiger partial charge in [-0.2, -0.15) is 0 Å². The van der Waals surface area contributed by atoms with Crippen LogP contribution in [-0.2, 0) is 14.3 Å². The summed E-state index contributed by atoms with van der Waals surface area (Å²) in [6, 6.07) is 5.33. The summed E-state index contributed by atoms with van der Waals surface area (Å²) < 4.78 is 10.4. The molecular formula is C17H26ClN3O4. The smallest absolute Gasteiger partial charge is 0.254 e. The van der Waals surface area contributed by atoms with Crippen LogP contribution in [0.1, 0.15) is 22.3 Å². The van der Waals surface area contributed by atoms with Gasteiger partial charge in [-0.25, -0.2) is 0 Å². The largest absolute Gasteiger partial charge is 0.380 e. The first-order valence-electron chi connectivity index (χ1n) is 8.06. The maximum absolute atomic E-state index is 12.7. The molecule has 1 aliphatic rings. The van der Waals surface area contributed by atoms with Crippen molar-refractivity contribution < 1.29 is 19.1 Å². The summed E-state index contributed by atoms with van der Waals surface area (Å²) >= 11 is 0. The number of carbonyl (C=O) groups is 2. The van der Waals surface area contributed by atoms with Gasteiger partial charge in [-0.05, 0) is 24.6 Å². The number of benzene rings is 1. The van der Waals surface area contributed by atoms with Crippen LogP contribution in [0.25, 0.3) is 0 Å². The number of hydrogen-bond acceptors (Lipinski definition) is 5. The van der Waals surface area contributed by atoms with Gasteiger partial charge in [0.05, 0.1) is 25.7 Å². The van der Waals surface area contributed by atoms with Crippen molar-refractivity contribution in [3.8, 4) is 0 Å². The maximum Gasteiger partial charge on any atom is 0.254 e. The zero-order valence-corrected chi connectivity index (χ0v) is 15.4. The number of rotatable bonds is 6. The van der Waals surface area contributed by atoms with Crippen LogP contribution in [0.15, 0.2) is 18.2 Å². The molecule has 0 bridgehead atoms. The van der Waals surface area contributed by atoms with Gasteiger partial charge in [-0.15, -0.1) is 12.4 Å². The van der Waals surface area contributed by atoms with Crippen molar-refractivity contribution in [1.82, 2.24) is 4.90 Å². The predicted molar refractivity (Wildman–Crippen MR) is 98.2 cm³/mol. The Hall–Kier alpha value is -1.67. The van der Waals surface area contributed by atoms with Crippen molar-refractivity contribution in [2.24, 2.45) is 5.73 Å². The van der Waals surface area contributed by atoms with Crippen molar-refractivity contribution in [3.63, 3.8) is 0 Å². The summed E-state index contributed by atoms with van der Waals surface area (Å²) in [6.07, 6.45) is -0.142. The van der Waals surface area contributed by atoms with E-state index in [4.69, 9.17) is 15.2 Å². The third kappa shape index (κ3) is 5.67. The number of hydrogen-bond donors (Lipinski definition) is 2. The molecular weight excluding hydrogens is 346 g/mol. The Kier molecular flexibility index (Phi) is 8.85. The van der Waals surface area contributed by atoms with Gasteiger partial charge in [0.2, 0.25) is 5.91 Å². The average molecular weight is 372 g/mol. The molecule has 3 N–H and O–H groups in total. The second kappa shape index (κ2) is 10.4. The molecule has 1 fully saturated rings. The SMILES string of the molecule is COC(CN)CC(=O)Nc1cccc(C(=O)N2CCOCC2)c1C.Cl. The van der Waals surface area contributed by atoms with Crippen LogP contribution in [-0.4, -0.2) is 62.8 Å². The fraction of sp³-hybridized carbons (Fsp3) is 0.529. The van der Waals surface area contributed by atoms with E-state index in [1.165, 1.54) is 7.11 Å². The maximum atomic E-state index is 12.7. The van der Waals surface area contributed by atoms with E-state index in [-0.39, 0.29) is 43.3 Å². The van der Waals surface area contributed by atoms with Crippen LogP contribution in [0, 0.1) is 6.92 Å². The van der Waals surface area contributed by atoms with E-state index in [1.807, 2.05) is 6.92 Å². The number of ether oxygens (including phenoxy) is 2. The second-order valence-electron chi connectivity index (χ2n) is 5.73. The first-order chi connectivity index (χ1) is 11.6. The molecule has 1 unspecified atom stereocenters. The van der Waals surface area contributed by atoms with Crippen LogP contribution in [0.3, 0.4) is 0 Å². The standard InChI is InChI=1S/C17H25N3O4.ClH/c1-12-14(17(22)20-6-8-24-9-7-20)4-3-5-15(12)19-16(21)10-13(11-18)23-2;/h3-5,13H,6-11,18H2,1-2H3,(H,19,21);1H. The minimum atomic E-state index is -0.316. The molecule has 1 atom stereocenters. The van der Waals surface area contributed by atoms with E-state index in [0.717, 1.165) is 5.56 Å². The molecule has 1 aliphatic heterocycles. The van der Waals surface area contributed by atoms with Gasteiger partial charge < -0.3 is 25.4 Å². The van der Waals surface area contributed by atoms with Gasteiger partial charge in [0.25, 0.3) is 5.91 Å². The van der Waals surface area contributed by atoms with Gasteiger partial charge >= 0.3 is 0 Å². The minimum Gasteiger partial charge on any atom is -0.380 e. The number of anilines is 1.